The molecule has 38 heavy (non-hydrogen) atoms. The van der Waals surface area contributed by atoms with Gasteiger partial charge in [0.25, 0.3) is 0 Å². The van der Waals surface area contributed by atoms with Crippen LogP contribution in [0, 0.1) is 0 Å². The molecule has 0 radical (unpaired) electrons. The fourth-order valence-electron chi connectivity index (χ4n) is 3.81. The van der Waals surface area contributed by atoms with Crippen LogP contribution >= 0.6 is 0 Å². The molecule has 2 fully saturated rings. The van der Waals surface area contributed by atoms with Gasteiger partial charge in [0.1, 0.15) is 36.5 Å². The lowest BCUT2D eigenvalue weighted by Gasteiger charge is -2.27. The minimum atomic E-state index is -1.96. The minimum Gasteiger partial charge on any atom is -0.480 e. The van der Waals surface area contributed by atoms with Gasteiger partial charge < -0.3 is 67.1 Å². The van der Waals surface area contributed by atoms with Gasteiger partial charge in [0.2, 0.25) is 11.6 Å². The van der Waals surface area contributed by atoms with E-state index in [0.717, 1.165) is 0 Å². The summed E-state index contributed by atoms with van der Waals surface area (Å²) >= 11 is 0. The molecule has 0 aromatic carbocycles. The van der Waals surface area contributed by atoms with Crippen molar-refractivity contribution in [2.24, 2.45) is 11.5 Å². The quantitative estimate of drug-likeness (QED) is 0.0794. The second-order valence-electron chi connectivity index (χ2n) is 9.51. The highest BCUT2D eigenvalue weighted by Gasteiger charge is 2.48. The molecule has 14 N–H and O–H groups in total. The Labute approximate surface area is 220 Å². The molecule has 2 aliphatic heterocycles. The zero-order valence-electron chi connectivity index (χ0n) is 21.3. The van der Waals surface area contributed by atoms with Crippen LogP contribution in [0.3, 0.4) is 0 Å². The van der Waals surface area contributed by atoms with E-state index in [4.69, 9.17) is 31.2 Å². The molecule has 16 nitrogen and oxygen atoms in total. The Bertz CT molecular complexity index is 722. The van der Waals surface area contributed by atoms with Crippen molar-refractivity contribution >= 4 is 11.9 Å². The third-order valence-corrected chi connectivity index (χ3v) is 6.32. The van der Waals surface area contributed by atoms with Crippen LogP contribution in [0.15, 0.2) is 0 Å². The first kappa shape index (κ1) is 34.5. The zero-order chi connectivity index (χ0) is 28.9. The zero-order valence-corrected chi connectivity index (χ0v) is 21.3. The summed E-state index contributed by atoms with van der Waals surface area (Å²) in [6.45, 7) is 0.448. The minimum absolute atomic E-state index is 0.00376. The van der Waals surface area contributed by atoms with Gasteiger partial charge in [-0.1, -0.05) is 12.8 Å². The summed E-state index contributed by atoms with van der Waals surface area (Å²) in [4.78, 5) is 21.5. The van der Waals surface area contributed by atoms with Crippen molar-refractivity contribution in [3.8, 4) is 0 Å². The maximum atomic E-state index is 11.0. The van der Waals surface area contributed by atoms with Gasteiger partial charge in [-0.25, -0.2) is 0 Å². The summed E-state index contributed by atoms with van der Waals surface area (Å²) in [7, 11) is 0. The van der Waals surface area contributed by atoms with Gasteiger partial charge in [-0.15, -0.1) is 0 Å². The number of nitrogens with two attached hydrogens (primary N) is 2. The number of nitrogens with one attached hydrogen (secondary N) is 2. The largest absolute Gasteiger partial charge is 0.480 e. The van der Waals surface area contributed by atoms with Gasteiger partial charge in [-0.2, -0.15) is 0 Å². The molecule has 0 aromatic rings. The van der Waals surface area contributed by atoms with Crippen LogP contribution < -0.4 is 22.1 Å². The lowest BCUT2D eigenvalue weighted by atomic mass is 10.1. The number of rotatable bonds is 16. The number of unbranched alkanes of at least 4 members (excludes halogenated alkanes) is 2. The highest BCUT2D eigenvalue weighted by molar-refractivity contribution is 5.73. The van der Waals surface area contributed by atoms with Crippen molar-refractivity contribution in [3.63, 3.8) is 0 Å². The van der Waals surface area contributed by atoms with Crippen LogP contribution in [-0.4, -0.2) is 140 Å². The van der Waals surface area contributed by atoms with Gasteiger partial charge in [0, 0.05) is 0 Å². The standard InChI is InChI=1S/2C11H22N2O6/c12-7(10(16)17)3-1-2-4-13-6-11(18)9(15)8(14)5-19-11;12-4-2-1-3-7(10(16)17)13-6-11(18)9(15)8(14)5-19-11/h2*7-9,13-15,18H,1-6,12H2,(H,16,17). The maximum absolute atomic E-state index is 11.0. The normalized spacial score (nSPS) is 32.4. The summed E-state index contributed by atoms with van der Waals surface area (Å²) in [6.07, 6.45) is -1.61. The highest BCUT2D eigenvalue weighted by atomic mass is 16.7. The molecule has 8 unspecified atom stereocenters. The van der Waals surface area contributed by atoms with Crippen LogP contribution in [0.1, 0.15) is 38.5 Å². The van der Waals surface area contributed by atoms with Gasteiger partial charge in [-0.05, 0) is 38.8 Å². The van der Waals surface area contributed by atoms with Crippen molar-refractivity contribution in [3.05, 3.63) is 0 Å². The van der Waals surface area contributed by atoms with Crippen LogP contribution in [0.2, 0.25) is 0 Å². The number of aliphatic carboxylic acids is 2. The summed E-state index contributed by atoms with van der Waals surface area (Å²) in [5, 5.41) is 80.5. The first-order valence-electron chi connectivity index (χ1n) is 12.6. The van der Waals surface area contributed by atoms with Crippen LogP contribution in [0.5, 0.6) is 0 Å². The number of aliphatic hydroxyl groups is 6. The average Bonchev–Trinajstić information content (AvgIpc) is 3.28. The molecule has 8 atom stereocenters. The van der Waals surface area contributed by atoms with Crippen LogP contribution in [0.4, 0.5) is 0 Å². The lowest BCUT2D eigenvalue weighted by Crippen LogP contribution is -2.53. The Morgan fingerprint density at radius 1 is 0.842 bits per heavy atom. The molecule has 0 bridgehead atoms. The maximum Gasteiger partial charge on any atom is 0.320 e. The molecule has 2 rings (SSSR count). The summed E-state index contributed by atoms with van der Waals surface area (Å²) in [5.41, 5.74) is 10.7. The highest BCUT2D eigenvalue weighted by Crippen LogP contribution is 2.24. The molecule has 2 saturated heterocycles. The Kier molecular flexibility index (Phi) is 15.0. The Morgan fingerprint density at radius 2 is 1.37 bits per heavy atom. The van der Waals surface area contributed by atoms with E-state index in [1.165, 1.54) is 0 Å². The number of hydrogen-bond donors (Lipinski definition) is 12. The fraction of sp³-hybridized carbons (Fsp3) is 0.909. The SMILES string of the molecule is NC(CCCCNCC1(O)OCC(O)C1O)C(=O)O.NCCCCC(NCC1(O)OCC(O)C1O)C(=O)O. The molecule has 0 aromatic heterocycles. The molecule has 0 spiro atoms. The third kappa shape index (κ3) is 10.9. The molecule has 16 heteroatoms. The van der Waals surface area contributed by atoms with E-state index in [-0.39, 0.29) is 26.3 Å². The predicted molar refractivity (Wildman–Crippen MR) is 130 cm³/mol. The Hall–Kier alpha value is -1.54. The van der Waals surface area contributed by atoms with Crippen molar-refractivity contribution in [2.45, 2.75) is 86.6 Å². The third-order valence-electron chi connectivity index (χ3n) is 6.32. The fourth-order valence-corrected chi connectivity index (χ4v) is 3.81. The number of carbonyl (C=O) groups is 2. The van der Waals surface area contributed by atoms with Crippen LogP contribution in [-0.2, 0) is 19.1 Å². The Balaban J connectivity index is 0.000000380. The van der Waals surface area contributed by atoms with E-state index in [0.29, 0.717) is 51.6 Å². The Morgan fingerprint density at radius 3 is 1.82 bits per heavy atom. The van der Waals surface area contributed by atoms with Gasteiger partial charge in [-0.3, -0.25) is 14.9 Å². The second-order valence-corrected chi connectivity index (χ2v) is 9.51. The molecule has 2 heterocycles. The summed E-state index contributed by atoms with van der Waals surface area (Å²) in [5.74, 6) is -5.79. The second kappa shape index (κ2) is 16.5. The summed E-state index contributed by atoms with van der Waals surface area (Å²) < 4.78 is 9.84. The molecule has 0 amide bonds. The van der Waals surface area contributed by atoms with E-state index < -0.39 is 60.0 Å². The predicted octanol–water partition coefficient (Wildman–Crippen LogP) is -4.80. The van der Waals surface area contributed by atoms with Gasteiger partial charge in [0.05, 0.1) is 26.3 Å². The monoisotopic (exact) mass is 556 g/mol. The molecular weight excluding hydrogens is 512 g/mol. The first-order chi connectivity index (χ1) is 17.8. The molecule has 0 aliphatic carbocycles. The van der Waals surface area contributed by atoms with Crippen molar-refractivity contribution in [2.75, 3.05) is 39.4 Å². The number of hydrogen-bond acceptors (Lipinski definition) is 14. The lowest BCUT2D eigenvalue weighted by molar-refractivity contribution is -0.212. The first-order valence-corrected chi connectivity index (χ1v) is 12.6. The molecule has 2 aliphatic rings. The van der Waals surface area contributed by atoms with E-state index in [1.54, 1.807) is 0 Å². The smallest absolute Gasteiger partial charge is 0.320 e. The van der Waals surface area contributed by atoms with E-state index in [1.807, 2.05) is 0 Å². The van der Waals surface area contributed by atoms with Crippen molar-refractivity contribution in [1.82, 2.24) is 10.6 Å². The van der Waals surface area contributed by atoms with Crippen molar-refractivity contribution in [1.29, 1.82) is 0 Å². The molecule has 224 valence electrons. The molecule has 0 saturated carbocycles. The average molecular weight is 557 g/mol. The number of carboxylic acid groups (broad SMARTS) is 2. The number of carboxylic acids is 2. The molecular formula is C22H44N4O12. The van der Waals surface area contributed by atoms with Crippen LogP contribution in [0.25, 0.3) is 0 Å². The summed E-state index contributed by atoms with van der Waals surface area (Å²) in [6, 6.07) is -1.71. The van der Waals surface area contributed by atoms with E-state index >= 15 is 0 Å². The van der Waals surface area contributed by atoms with Crippen molar-refractivity contribution < 1.29 is 59.9 Å². The number of ether oxygens (including phenoxy) is 2. The van der Waals surface area contributed by atoms with E-state index in [2.05, 4.69) is 10.6 Å². The van der Waals surface area contributed by atoms with Gasteiger partial charge in [0.15, 0.2) is 0 Å². The van der Waals surface area contributed by atoms with Gasteiger partial charge >= 0.3 is 11.9 Å². The number of aliphatic hydroxyl groups excluding tert-OH is 4. The van der Waals surface area contributed by atoms with E-state index in [9.17, 15) is 40.2 Å². The topological polar surface area (TPSA) is 291 Å².